The van der Waals surface area contributed by atoms with E-state index in [1.807, 2.05) is 6.92 Å². The second kappa shape index (κ2) is 10.1. The van der Waals surface area contributed by atoms with Crippen LogP contribution in [0.15, 0.2) is 0 Å². The Hall–Kier alpha value is -1.10. The standard InChI is InChI=1S/C12H23NO4/c1-2-3-9-17-11(14)8-6-4-5-7-10(13)12(15)16/h10H,2-9,13H2,1H3,(H,15,16)/t10-/m0/s1. The quantitative estimate of drug-likeness (QED) is 0.451. The fourth-order valence-electron chi connectivity index (χ4n) is 1.34. The van der Waals surface area contributed by atoms with Crippen LogP contribution in [0.5, 0.6) is 0 Å². The molecule has 0 aliphatic rings. The molecular weight excluding hydrogens is 222 g/mol. The van der Waals surface area contributed by atoms with Gasteiger partial charge in [0, 0.05) is 6.42 Å². The Morgan fingerprint density at radius 3 is 2.53 bits per heavy atom. The molecule has 100 valence electrons. The molecular formula is C12H23NO4. The van der Waals surface area contributed by atoms with Crippen molar-refractivity contribution in [1.82, 2.24) is 0 Å². The number of unbranched alkanes of at least 4 members (excludes halogenated alkanes) is 3. The molecule has 0 aromatic heterocycles. The fraction of sp³-hybridized carbons (Fsp3) is 0.833. The highest BCUT2D eigenvalue weighted by atomic mass is 16.5. The molecule has 5 heteroatoms. The van der Waals surface area contributed by atoms with Crippen LogP contribution in [0.3, 0.4) is 0 Å². The summed E-state index contributed by atoms with van der Waals surface area (Å²) in [5.74, 6) is -1.13. The van der Waals surface area contributed by atoms with Crippen molar-refractivity contribution in [3.63, 3.8) is 0 Å². The van der Waals surface area contributed by atoms with E-state index in [4.69, 9.17) is 15.6 Å². The Labute approximate surface area is 102 Å². The lowest BCUT2D eigenvalue weighted by molar-refractivity contribution is -0.144. The molecule has 0 bridgehead atoms. The predicted molar refractivity (Wildman–Crippen MR) is 64.6 cm³/mol. The molecule has 0 amide bonds. The summed E-state index contributed by atoms with van der Waals surface area (Å²) in [7, 11) is 0. The molecule has 0 radical (unpaired) electrons. The number of carboxylic acids is 1. The monoisotopic (exact) mass is 245 g/mol. The molecule has 5 nitrogen and oxygen atoms in total. The number of carboxylic acid groups (broad SMARTS) is 1. The van der Waals surface area contributed by atoms with Gasteiger partial charge in [0.2, 0.25) is 0 Å². The van der Waals surface area contributed by atoms with E-state index in [0.717, 1.165) is 32.1 Å². The topological polar surface area (TPSA) is 89.6 Å². The van der Waals surface area contributed by atoms with Crippen molar-refractivity contribution in [1.29, 1.82) is 0 Å². The third-order valence-corrected chi connectivity index (χ3v) is 2.47. The SMILES string of the molecule is CCCCOC(=O)CCCCC[C@H](N)C(=O)O. The van der Waals surface area contributed by atoms with Crippen LogP contribution in [-0.2, 0) is 14.3 Å². The van der Waals surface area contributed by atoms with Crippen LogP contribution in [0.2, 0.25) is 0 Å². The summed E-state index contributed by atoms with van der Waals surface area (Å²) in [6.07, 6.45) is 5.06. The molecule has 17 heavy (non-hydrogen) atoms. The van der Waals surface area contributed by atoms with Crippen molar-refractivity contribution in [2.45, 2.75) is 57.9 Å². The predicted octanol–water partition coefficient (Wildman–Crippen LogP) is 1.69. The number of hydrogen-bond donors (Lipinski definition) is 2. The van der Waals surface area contributed by atoms with Crippen LogP contribution in [0.4, 0.5) is 0 Å². The number of carbonyl (C=O) groups excluding carboxylic acids is 1. The van der Waals surface area contributed by atoms with Gasteiger partial charge in [-0.1, -0.05) is 26.2 Å². The summed E-state index contributed by atoms with van der Waals surface area (Å²) in [6.45, 7) is 2.54. The van der Waals surface area contributed by atoms with Gasteiger partial charge in [-0.15, -0.1) is 0 Å². The molecule has 0 rings (SSSR count). The highest BCUT2D eigenvalue weighted by Gasteiger charge is 2.10. The number of aliphatic carboxylic acids is 1. The van der Waals surface area contributed by atoms with Crippen LogP contribution < -0.4 is 5.73 Å². The van der Waals surface area contributed by atoms with Gasteiger partial charge in [-0.05, 0) is 19.3 Å². The summed E-state index contributed by atoms with van der Waals surface area (Å²) >= 11 is 0. The summed E-state index contributed by atoms with van der Waals surface area (Å²) < 4.78 is 4.99. The lowest BCUT2D eigenvalue weighted by Crippen LogP contribution is -2.29. The van der Waals surface area contributed by atoms with E-state index < -0.39 is 12.0 Å². The average molecular weight is 245 g/mol. The van der Waals surface area contributed by atoms with Crippen LogP contribution in [-0.4, -0.2) is 29.7 Å². The van der Waals surface area contributed by atoms with E-state index in [-0.39, 0.29) is 5.97 Å². The van der Waals surface area contributed by atoms with E-state index in [9.17, 15) is 9.59 Å². The van der Waals surface area contributed by atoms with Gasteiger partial charge in [0.05, 0.1) is 6.61 Å². The second-order valence-electron chi connectivity index (χ2n) is 4.12. The summed E-state index contributed by atoms with van der Waals surface area (Å²) in [5, 5.41) is 8.55. The lowest BCUT2D eigenvalue weighted by atomic mass is 10.1. The minimum atomic E-state index is -0.969. The molecule has 0 aliphatic heterocycles. The van der Waals surface area contributed by atoms with Crippen molar-refractivity contribution >= 4 is 11.9 Å². The van der Waals surface area contributed by atoms with Gasteiger partial charge in [-0.3, -0.25) is 9.59 Å². The number of carbonyl (C=O) groups is 2. The number of rotatable bonds is 10. The smallest absolute Gasteiger partial charge is 0.320 e. The zero-order valence-electron chi connectivity index (χ0n) is 10.5. The van der Waals surface area contributed by atoms with Crippen molar-refractivity contribution in [2.75, 3.05) is 6.61 Å². The molecule has 0 saturated heterocycles. The number of nitrogens with two attached hydrogens (primary N) is 1. The van der Waals surface area contributed by atoms with Crippen LogP contribution in [0, 0.1) is 0 Å². The maximum Gasteiger partial charge on any atom is 0.320 e. The first-order valence-corrected chi connectivity index (χ1v) is 6.22. The van der Waals surface area contributed by atoms with E-state index in [1.54, 1.807) is 0 Å². The Morgan fingerprint density at radius 1 is 1.24 bits per heavy atom. The third-order valence-electron chi connectivity index (χ3n) is 2.47. The average Bonchev–Trinajstić information content (AvgIpc) is 2.28. The number of ether oxygens (including phenoxy) is 1. The molecule has 0 aliphatic carbocycles. The maximum atomic E-state index is 11.2. The molecule has 3 N–H and O–H groups in total. The van der Waals surface area contributed by atoms with Crippen molar-refractivity contribution in [2.24, 2.45) is 5.73 Å². The van der Waals surface area contributed by atoms with Gasteiger partial charge in [-0.25, -0.2) is 0 Å². The second-order valence-corrected chi connectivity index (χ2v) is 4.12. The Bertz CT molecular complexity index is 231. The normalized spacial score (nSPS) is 12.1. The Morgan fingerprint density at radius 2 is 1.94 bits per heavy atom. The van der Waals surface area contributed by atoms with Crippen LogP contribution in [0.25, 0.3) is 0 Å². The summed E-state index contributed by atoms with van der Waals surface area (Å²) in [4.78, 5) is 21.6. The van der Waals surface area contributed by atoms with Gasteiger partial charge in [-0.2, -0.15) is 0 Å². The van der Waals surface area contributed by atoms with Crippen molar-refractivity contribution in [3.8, 4) is 0 Å². The Kier molecular flexibility index (Phi) is 9.43. The molecule has 1 atom stereocenters. The molecule has 0 spiro atoms. The molecule has 0 heterocycles. The largest absolute Gasteiger partial charge is 0.480 e. The van der Waals surface area contributed by atoms with E-state index in [1.165, 1.54) is 0 Å². The molecule has 0 aromatic carbocycles. The highest BCUT2D eigenvalue weighted by Crippen LogP contribution is 2.06. The summed E-state index contributed by atoms with van der Waals surface area (Å²) in [6, 6.07) is -0.786. The lowest BCUT2D eigenvalue weighted by Gasteiger charge is -2.06. The van der Waals surface area contributed by atoms with E-state index in [2.05, 4.69) is 0 Å². The molecule has 0 unspecified atom stereocenters. The first-order valence-electron chi connectivity index (χ1n) is 6.22. The zero-order valence-corrected chi connectivity index (χ0v) is 10.5. The molecule has 0 saturated carbocycles. The zero-order chi connectivity index (χ0) is 13.1. The first-order chi connectivity index (χ1) is 8.07. The van der Waals surface area contributed by atoms with Gasteiger partial charge >= 0.3 is 11.9 Å². The minimum Gasteiger partial charge on any atom is -0.480 e. The molecule has 0 fully saturated rings. The van der Waals surface area contributed by atoms with Gasteiger partial charge in [0.15, 0.2) is 0 Å². The Balaban J connectivity index is 3.33. The number of esters is 1. The fourth-order valence-corrected chi connectivity index (χ4v) is 1.34. The van der Waals surface area contributed by atoms with E-state index in [0.29, 0.717) is 19.4 Å². The molecule has 0 aromatic rings. The van der Waals surface area contributed by atoms with Gasteiger partial charge in [0.1, 0.15) is 6.04 Å². The minimum absolute atomic E-state index is 0.166. The van der Waals surface area contributed by atoms with Gasteiger partial charge in [0.25, 0.3) is 0 Å². The highest BCUT2D eigenvalue weighted by molar-refractivity contribution is 5.72. The first kappa shape index (κ1) is 15.9. The third kappa shape index (κ3) is 9.81. The maximum absolute atomic E-state index is 11.2. The van der Waals surface area contributed by atoms with Crippen molar-refractivity contribution < 1.29 is 19.4 Å². The van der Waals surface area contributed by atoms with E-state index >= 15 is 0 Å². The van der Waals surface area contributed by atoms with Gasteiger partial charge < -0.3 is 15.6 Å². The van der Waals surface area contributed by atoms with Crippen molar-refractivity contribution in [3.05, 3.63) is 0 Å². The van der Waals surface area contributed by atoms with Crippen LogP contribution >= 0.6 is 0 Å². The number of hydrogen-bond acceptors (Lipinski definition) is 4. The van der Waals surface area contributed by atoms with Crippen LogP contribution in [0.1, 0.15) is 51.9 Å². The summed E-state index contributed by atoms with van der Waals surface area (Å²) in [5.41, 5.74) is 5.35.